The van der Waals surface area contributed by atoms with Gasteiger partial charge in [-0.25, -0.2) is 0 Å². The third-order valence-electron chi connectivity index (χ3n) is 12.1. The smallest absolute Gasteiger partial charge is 0.159 e. The van der Waals surface area contributed by atoms with Crippen molar-refractivity contribution in [2.45, 2.75) is 18.3 Å². The maximum absolute atomic E-state index is 6.67. The van der Waals surface area contributed by atoms with Gasteiger partial charge in [0.25, 0.3) is 0 Å². The number of furan rings is 1. The fourth-order valence-electron chi connectivity index (χ4n) is 9.48. The lowest BCUT2D eigenvalue weighted by Crippen LogP contribution is -2.29. The molecule has 2 heteroatoms. The van der Waals surface area contributed by atoms with Gasteiger partial charge in [0, 0.05) is 22.1 Å². The first-order valence-corrected chi connectivity index (χ1v) is 19.9. The van der Waals surface area contributed by atoms with E-state index in [1.165, 1.54) is 55.7 Å². The summed E-state index contributed by atoms with van der Waals surface area (Å²) in [6, 6.07) is 72.6. The molecule has 1 unspecified atom stereocenters. The Labute approximate surface area is 333 Å². The minimum absolute atomic E-state index is 0.413. The fraction of sp³-hybridized carbons (Fsp3) is 0.0545. The van der Waals surface area contributed by atoms with Gasteiger partial charge in [-0.15, -0.1) is 0 Å². The van der Waals surface area contributed by atoms with Crippen molar-refractivity contribution >= 4 is 44.6 Å². The lowest BCUT2D eigenvalue weighted by molar-refractivity contribution is 0.669. The van der Waals surface area contributed by atoms with Crippen LogP contribution in [0.15, 0.2) is 222 Å². The van der Waals surface area contributed by atoms with Gasteiger partial charge in [-0.3, -0.25) is 0 Å². The number of rotatable bonds is 7. The number of benzene rings is 8. The van der Waals surface area contributed by atoms with Gasteiger partial charge >= 0.3 is 0 Å². The number of hydrogen-bond acceptors (Lipinski definition) is 2. The molecular weight excluding hydrogens is 691 g/mol. The molecule has 8 aromatic carbocycles. The SMILES string of the molecule is C1=CC2=C(CC1)c1ccccc1C2(c1ccccc1)c1ccc(N(c2ccc(-c3ccc(-c4ccccc4)cc3)cc2)c2cccc3c2oc2ccccc23)cc1. The third-order valence-corrected chi connectivity index (χ3v) is 12.1. The average Bonchev–Trinajstić information content (AvgIpc) is 3.82. The molecule has 1 aromatic heterocycles. The molecule has 0 spiro atoms. The van der Waals surface area contributed by atoms with Crippen LogP contribution in [-0.2, 0) is 5.41 Å². The minimum Gasteiger partial charge on any atom is -0.454 e. The van der Waals surface area contributed by atoms with Gasteiger partial charge in [-0.05, 0) is 105 Å². The summed E-state index contributed by atoms with van der Waals surface area (Å²) in [5.41, 5.74) is 17.4. The molecule has 0 aliphatic heterocycles. The maximum Gasteiger partial charge on any atom is 0.159 e. The van der Waals surface area contributed by atoms with E-state index in [4.69, 9.17) is 4.42 Å². The predicted molar refractivity (Wildman–Crippen MR) is 237 cm³/mol. The van der Waals surface area contributed by atoms with Gasteiger partial charge in [0.1, 0.15) is 5.58 Å². The Morgan fingerprint density at radius 2 is 1.02 bits per heavy atom. The molecule has 0 saturated carbocycles. The molecule has 1 heterocycles. The van der Waals surface area contributed by atoms with Crippen LogP contribution in [0.5, 0.6) is 0 Å². The van der Waals surface area contributed by atoms with E-state index in [1.807, 2.05) is 6.07 Å². The van der Waals surface area contributed by atoms with Crippen LogP contribution < -0.4 is 4.90 Å². The number of para-hydroxylation sites is 2. The van der Waals surface area contributed by atoms with E-state index in [9.17, 15) is 0 Å². The summed E-state index contributed by atoms with van der Waals surface area (Å²) >= 11 is 0. The highest BCUT2D eigenvalue weighted by Gasteiger charge is 2.47. The molecule has 2 aliphatic rings. The Balaban J connectivity index is 1.05. The van der Waals surface area contributed by atoms with E-state index in [2.05, 4.69) is 211 Å². The van der Waals surface area contributed by atoms with Gasteiger partial charge in [-0.1, -0.05) is 176 Å². The number of allylic oxidation sites excluding steroid dienone is 4. The number of hydrogen-bond donors (Lipinski definition) is 0. The van der Waals surface area contributed by atoms with Crippen molar-refractivity contribution in [1.82, 2.24) is 0 Å². The minimum atomic E-state index is -0.413. The first kappa shape index (κ1) is 33.2. The first-order chi connectivity index (χ1) is 28.3. The van der Waals surface area contributed by atoms with Crippen LogP contribution in [0.3, 0.4) is 0 Å². The molecule has 2 nitrogen and oxygen atoms in total. The van der Waals surface area contributed by atoms with Crippen LogP contribution in [0.1, 0.15) is 35.1 Å². The van der Waals surface area contributed by atoms with E-state index >= 15 is 0 Å². The van der Waals surface area contributed by atoms with Gasteiger partial charge in [-0.2, -0.15) is 0 Å². The fourth-order valence-corrected chi connectivity index (χ4v) is 9.48. The van der Waals surface area contributed by atoms with Crippen LogP contribution in [0.25, 0.3) is 49.8 Å². The standard InChI is InChI=1S/C55H39NO/c1-3-14-38(15-4-1)39-26-28-40(29-27-39)41-30-34-44(35-31-41)56(52-24-13-21-49-48-20-9-12-25-53(48)57-54(49)52)45-36-32-43(33-37-45)55(42-16-5-2-6-17-42)50-22-10-7-18-46(50)47-19-8-11-23-51(47)55/h1-7,9-18,20-37H,8,19H2. The molecule has 2 aliphatic carbocycles. The van der Waals surface area contributed by atoms with E-state index in [-0.39, 0.29) is 0 Å². The molecular formula is C55H39NO. The molecule has 270 valence electrons. The summed E-state index contributed by atoms with van der Waals surface area (Å²) in [7, 11) is 0. The number of nitrogens with zero attached hydrogens (tertiary/aromatic N) is 1. The van der Waals surface area contributed by atoms with Crippen LogP contribution in [-0.4, -0.2) is 0 Å². The third kappa shape index (κ3) is 5.33. The average molecular weight is 730 g/mol. The topological polar surface area (TPSA) is 16.4 Å². The zero-order chi connectivity index (χ0) is 37.8. The van der Waals surface area contributed by atoms with Crippen molar-refractivity contribution in [3.05, 3.63) is 240 Å². The highest BCUT2D eigenvalue weighted by molar-refractivity contribution is 6.10. The summed E-state index contributed by atoms with van der Waals surface area (Å²) < 4.78 is 6.67. The van der Waals surface area contributed by atoms with Gasteiger partial charge in [0.15, 0.2) is 5.58 Å². The Hall–Kier alpha value is -7.16. The van der Waals surface area contributed by atoms with E-state index < -0.39 is 5.41 Å². The van der Waals surface area contributed by atoms with Gasteiger partial charge in [0.2, 0.25) is 0 Å². The normalized spacial score (nSPS) is 15.9. The highest BCUT2D eigenvalue weighted by atomic mass is 16.3. The molecule has 0 fully saturated rings. The molecule has 0 N–H and O–H groups in total. The summed E-state index contributed by atoms with van der Waals surface area (Å²) in [4.78, 5) is 2.35. The van der Waals surface area contributed by atoms with Crippen molar-refractivity contribution in [3.8, 4) is 22.3 Å². The van der Waals surface area contributed by atoms with Crippen molar-refractivity contribution in [3.63, 3.8) is 0 Å². The number of anilines is 3. The first-order valence-electron chi connectivity index (χ1n) is 19.9. The molecule has 0 radical (unpaired) electrons. The lowest BCUT2D eigenvalue weighted by atomic mass is 9.66. The van der Waals surface area contributed by atoms with Crippen molar-refractivity contribution in [1.29, 1.82) is 0 Å². The summed E-state index contributed by atoms with van der Waals surface area (Å²) in [6.45, 7) is 0. The molecule has 9 aromatic rings. The maximum atomic E-state index is 6.67. The molecule has 57 heavy (non-hydrogen) atoms. The molecule has 0 bridgehead atoms. The Bertz CT molecular complexity index is 2970. The lowest BCUT2D eigenvalue weighted by Gasteiger charge is -2.36. The van der Waals surface area contributed by atoms with Gasteiger partial charge in [0.05, 0.1) is 11.1 Å². The quantitative estimate of drug-likeness (QED) is 0.162. The van der Waals surface area contributed by atoms with Gasteiger partial charge < -0.3 is 9.32 Å². The Kier molecular flexibility index (Phi) is 7.89. The Morgan fingerprint density at radius 3 is 1.75 bits per heavy atom. The summed E-state index contributed by atoms with van der Waals surface area (Å²) in [6.07, 6.45) is 6.87. The molecule has 1 atom stereocenters. The van der Waals surface area contributed by atoms with Crippen LogP contribution in [0.2, 0.25) is 0 Å². The van der Waals surface area contributed by atoms with Crippen LogP contribution >= 0.6 is 0 Å². The van der Waals surface area contributed by atoms with Crippen molar-refractivity contribution in [2.24, 2.45) is 0 Å². The van der Waals surface area contributed by atoms with Crippen molar-refractivity contribution in [2.75, 3.05) is 4.90 Å². The summed E-state index contributed by atoms with van der Waals surface area (Å²) in [5.74, 6) is 0. The number of fused-ring (bicyclic) bond motifs is 5. The zero-order valence-electron chi connectivity index (χ0n) is 31.5. The molecule has 0 amide bonds. The van der Waals surface area contributed by atoms with Crippen LogP contribution in [0, 0.1) is 0 Å². The second kappa shape index (κ2) is 13.5. The zero-order valence-corrected chi connectivity index (χ0v) is 31.5. The van der Waals surface area contributed by atoms with Crippen molar-refractivity contribution < 1.29 is 4.42 Å². The molecule has 11 rings (SSSR count). The van der Waals surface area contributed by atoms with E-state index in [0.717, 1.165) is 51.8 Å². The Morgan fingerprint density at radius 1 is 0.456 bits per heavy atom. The largest absolute Gasteiger partial charge is 0.454 e. The van der Waals surface area contributed by atoms with E-state index in [0.29, 0.717) is 0 Å². The highest BCUT2D eigenvalue weighted by Crippen LogP contribution is 2.57. The predicted octanol–water partition coefficient (Wildman–Crippen LogP) is 14.8. The summed E-state index contributed by atoms with van der Waals surface area (Å²) in [5, 5.41) is 2.22. The molecule has 0 saturated heterocycles. The van der Waals surface area contributed by atoms with E-state index in [1.54, 1.807) is 0 Å². The monoisotopic (exact) mass is 729 g/mol. The second-order valence-corrected chi connectivity index (χ2v) is 15.1. The second-order valence-electron chi connectivity index (χ2n) is 15.1. The van der Waals surface area contributed by atoms with Crippen LogP contribution in [0.4, 0.5) is 17.1 Å².